The summed E-state index contributed by atoms with van der Waals surface area (Å²) in [6.07, 6.45) is 4.52. The van der Waals surface area contributed by atoms with Crippen LogP contribution in [-0.4, -0.2) is 30.1 Å². The number of carbonyl (C=O) groups is 3. The average molecular weight is 440 g/mol. The zero-order valence-corrected chi connectivity index (χ0v) is 18.7. The summed E-state index contributed by atoms with van der Waals surface area (Å²) in [5.41, 5.74) is 4.11. The maximum absolute atomic E-state index is 13.2. The molecule has 0 radical (unpaired) electrons. The number of carboxylic acid groups (broad SMARTS) is 1. The number of esters is 1. The number of hydrogen-bond donors (Lipinski definition) is 2. The Bertz CT molecular complexity index is 1120. The summed E-state index contributed by atoms with van der Waals surface area (Å²) in [4.78, 5) is 38.6. The monoisotopic (exact) mass is 439 g/mol. The van der Waals surface area contributed by atoms with Crippen LogP contribution in [0.5, 0.6) is 0 Å². The lowest BCUT2D eigenvalue weighted by Crippen LogP contribution is -2.36. The van der Waals surface area contributed by atoms with E-state index in [4.69, 9.17) is 4.74 Å². The zero-order valence-electron chi connectivity index (χ0n) is 17.9. The smallest absolute Gasteiger partial charge is 0.341 e. The maximum Gasteiger partial charge on any atom is 0.341 e. The minimum Gasteiger partial charge on any atom is -0.481 e. The van der Waals surface area contributed by atoms with E-state index in [0.29, 0.717) is 17.0 Å². The molecule has 1 aromatic heterocycles. The number of aryl methyl sites for hydroxylation is 3. The summed E-state index contributed by atoms with van der Waals surface area (Å²) >= 11 is 1.31. The molecule has 0 spiro atoms. The van der Waals surface area contributed by atoms with E-state index < -0.39 is 23.8 Å². The first kappa shape index (κ1) is 21.3. The first-order chi connectivity index (χ1) is 14.7. The fourth-order valence-corrected chi connectivity index (χ4v) is 6.12. The highest BCUT2D eigenvalue weighted by molar-refractivity contribution is 7.17. The van der Waals surface area contributed by atoms with Crippen LogP contribution in [0.3, 0.4) is 0 Å². The van der Waals surface area contributed by atoms with E-state index in [1.165, 1.54) is 18.4 Å². The van der Waals surface area contributed by atoms with E-state index in [0.717, 1.165) is 27.1 Å². The summed E-state index contributed by atoms with van der Waals surface area (Å²) in [7, 11) is 1.31. The van der Waals surface area contributed by atoms with Crippen molar-refractivity contribution < 1.29 is 24.2 Å². The van der Waals surface area contributed by atoms with Gasteiger partial charge in [0.15, 0.2) is 0 Å². The molecule has 2 aliphatic carbocycles. The summed E-state index contributed by atoms with van der Waals surface area (Å²) in [6.45, 7) is 5.90. The van der Waals surface area contributed by atoms with Gasteiger partial charge in [-0.05, 0) is 50.2 Å². The Kier molecular flexibility index (Phi) is 5.47. The number of fused-ring (bicyclic) bond motifs is 2. The molecule has 0 unspecified atom stereocenters. The molecule has 7 heteroatoms. The molecule has 2 N–H and O–H groups in total. The Balaban J connectivity index is 1.74. The Morgan fingerprint density at radius 2 is 1.77 bits per heavy atom. The molecule has 1 saturated carbocycles. The van der Waals surface area contributed by atoms with Crippen molar-refractivity contribution in [2.75, 3.05) is 12.4 Å². The number of hydrogen-bond acceptors (Lipinski definition) is 5. The third-order valence-electron chi connectivity index (χ3n) is 6.41. The number of carboxylic acids is 1. The SMILES string of the molecule is COC(=O)c1c(NC(=O)[C@H]2[C@H](C(=O)O)[C@H]3C=C[C@H]2C3)sc(C)c1-c1ccc(C)cc1C. The van der Waals surface area contributed by atoms with Crippen molar-refractivity contribution >= 4 is 34.2 Å². The van der Waals surface area contributed by atoms with Gasteiger partial charge in [-0.3, -0.25) is 9.59 Å². The summed E-state index contributed by atoms with van der Waals surface area (Å²) in [6, 6.07) is 6.00. The second-order valence-corrected chi connectivity index (χ2v) is 9.60. The average Bonchev–Trinajstić information content (AvgIpc) is 3.40. The molecule has 4 atom stereocenters. The number of ether oxygens (including phenoxy) is 1. The second-order valence-electron chi connectivity index (χ2n) is 8.37. The predicted octanol–water partition coefficient (Wildman–Crippen LogP) is 4.59. The van der Waals surface area contributed by atoms with Crippen LogP contribution in [0, 0.1) is 44.4 Å². The highest BCUT2D eigenvalue weighted by Crippen LogP contribution is 2.49. The van der Waals surface area contributed by atoms with Crippen LogP contribution in [0.4, 0.5) is 5.00 Å². The van der Waals surface area contributed by atoms with Gasteiger partial charge in [0.1, 0.15) is 10.6 Å². The van der Waals surface area contributed by atoms with Crippen molar-refractivity contribution in [2.24, 2.45) is 23.7 Å². The summed E-state index contributed by atoms with van der Waals surface area (Å²) in [5.74, 6) is -3.44. The van der Waals surface area contributed by atoms with Gasteiger partial charge in [-0.2, -0.15) is 0 Å². The first-order valence-corrected chi connectivity index (χ1v) is 11.1. The number of nitrogens with one attached hydrogen (secondary N) is 1. The van der Waals surface area contributed by atoms with E-state index in [-0.39, 0.29) is 17.7 Å². The van der Waals surface area contributed by atoms with Crippen molar-refractivity contribution in [3.8, 4) is 11.1 Å². The maximum atomic E-state index is 13.2. The molecule has 1 amide bonds. The standard InChI is InChI=1S/C24H25NO5S/c1-11-5-8-16(12(2)9-11)17-13(3)31-22(20(17)24(29)30-4)25-21(26)18-14-6-7-15(10-14)19(18)23(27)28/h5-9,14-15,18-19H,10H2,1-4H3,(H,25,26)(H,27,28)/t14-,15-,18+,19+/m0/s1. The Hall–Kier alpha value is -2.93. The fraction of sp³-hybridized carbons (Fsp3) is 0.375. The number of rotatable bonds is 5. The van der Waals surface area contributed by atoms with Crippen LogP contribution >= 0.6 is 11.3 Å². The van der Waals surface area contributed by atoms with Crippen molar-refractivity contribution in [1.29, 1.82) is 0 Å². The Morgan fingerprint density at radius 3 is 2.39 bits per heavy atom. The minimum atomic E-state index is -0.955. The zero-order chi connectivity index (χ0) is 22.4. The van der Waals surface area contributed by atoms with Crippen molar-refractivity contribution in [3.05, 3.63) is 51.9 Å². The molecule has 1 aromatic carbocycles. The lowest BCUT2D eigenvalue weighted by molar-refractivity contribution is -0.146. The quantitative estimate of drug-likeness (QED) is 0.525. The third-order valence-corrected chi connectivity index (χ3v) is 7.43. The van der Waals surface area contributed by atoms with Crippen molar-refractivity contribution in [2.45, 2.75) is 27.2 Å². The van der Waals surface area contributed by atoms with Crippen LogP contribution in [0.15, 0.2) is 30.4 Å². The number of methoxy groups -OCH3 is 1. The summed E-state index contributed by atoms with van der Waals surface area (Å²) < 4.78 is 5.04. The van der Waals surface area contributed by atoms with Gasteiger partial charge in [0.25, 0.3) is 0 Å². The largest absolute Gasteiger partial charge is 0.481 e. The van der Waals surface area contributed by atoms with Gasteiger partial charge in [0, 0.05) is 10.4 Å². The molecule has 6 nitrogen and oxygen atoms in total. The van der Waals surface area contributed by atoms with Gasteiger partial charge in [-0.25, -0.2) is 4.79 Å². The van der Waals surface area contributed by atoms with E-state index in [2.05, 4.69) is 5.32 Å². The number of thiophene rings is 1. The number of anilines is 1. The Labute approximate surface area is 184 Å². The van der Waals surface area contributed by atoms with Gasteiger partial charge in [0.2, 0.25) is 5.91 Å². The molecule has 0 saturated heterocycles. The molecule has 2 bridgehead atoms. The van der Waals surface area contributed by atoms with Crippen molar-refractivity contribution in [3.63, 3.8) is 0 Å². The van der Waals surface area contributed by atoms with Crippen LogP contribution in [0.2, 0.25) is 0 Å². The number of amides is 1. The predicted molar refractivity (Wildman–Crippen MR) is 119 cm³/mol. The minimum absolute atomic E-state index is 0.0902. The number of carbonyl (C=O) groups excluding carboxylic acids is 2. The molecule has 2 aliphatic rings. The van der Waals surface area contributed by atoms with E-state index in [1.54, 1.807) is 0 Å². The third kappa shape index (κ3) is 3.57. The molecule has 1 fully saturated rings. The van der Waals surface area contributed by atoms with Gasteiger partial charge >= 0.3 is 11.9 Å². The highest BCUT2D eigenvalue weighted by Gasteiger charge is 2.51. The lowest BCUT2D eigenvalue weighted by atomic mass is 9.82. The fourth-order valence-electron chi connectivity index (χ4n) is 5.06. The highest BCUT2D eigenvalue weighted by atomic mass is 32.1. The number of aliphatic carboxylic acids is 1. The van der Waals surface area contributed by atoms with E-state index in [1.807, 2.05) is 51.1 Å². The molecular weight excluding hydrogens is 414 g/mol. The molecule has 1 heterocycles. The van der Waals surface area contributed by atoms with Gasteiger partial charge in [0.05, 0.1) is 18.9 Å². The van der Waals surface area contributed by atoms with E-state index in [9.17, 15) is 19.5 Å². The van der Waals surface area contributed by atoms with Gasteiger partial charge in [-0.15, -0.1) is 11.3 Å². The second kappa shape index (κ2) is 7.96. The number of allylic oxidation sites excluding steroid dienone is 2. The van der Waals surface area contributed by atoms with Crippen LogP contribution < -0.4 is 5.32 Å². The molecular formula is C24H25NO5S. The molecule has 4 rings (SSSR count). The summed E-state index contributed by atoms with van der Waals surface area (Å²) in [5, 5.41) is 12.9. The topological polar surface area (TPSA) is 92.7 Å². The number of benzene rings is 1. The molecule has 2 aromatic rings. The lowest BCUT2D eigenvalue weighted by Gasteiger charge is -2.23. The van der Waals surface area contributed by atoms with Crippen LogP contribution in [0.25, 0.3) is 11.1 Å². The first-order valence-electron chi connectivity index (χ1n) is 10.2. The molecule has 31 heavy (non-hydrogen) atoms. The normalized spacial score (nSPS) is 23.7. The molecule has 0 aliphatic heterocycles. The molecule has 162 valence electrons. The van der Waals surface area contributed by atoms with Crippen molar-refractivity contribution in [1.82, 2.24) is 0 Å². The van der Waals surface area contributed by atoms with Gasteiger partial charge < -0.3 is 15.2 Å². The van der Waals surface area contributed by atoms with Crippen LogP contribution in [0.1, 0.15) is 32.8 Å². The van der Waals surface area contributed by atoms with E-state index >= 15 is 0 Å². The Morgan fingerprint density at radius 1 is 1.10 bits per heavy atom. The van der Waals surface area contributed by atoms with Gasteiger partial charge in [-0.1, -0.05) is 35.9 Å². The van der Waals surface area contributed by atoms with Crippen LogP contribution in [-0.2, 0) is 14.3 Å².